The quantitative estimate of drug-likeness (QED) is 0.0462. The normalized spacial score (nSPS) is 11.6. The van der Waals surface area contributed by atoms with Gasteiger partial charge in [-0.1, -0.05) is 24.3 Å². The summed E-state index contributed by atoms with van der Waals surface area (Å²) >= 11 is 0. The molecule has 0 spiro atoms. The van der Waals surface area contributed by atoms with Gasteiger partial charge in [0.15, 0.2) is 0 Å². The summed E-state index contributed by atoms with van der Waals surface area (Å²) in [5.41, 5.74) is 0.972. The summed E-state index contributed by atoms with van der Waals surface area (Å²) in [5.74, 6) is -0.467. The standard InChI is InChI=1S/C30H50O14S/c1-3-30(31)43-26-24-41-22-20-39-18-16-37-14-12-35-10-8-34-9-11-36-13-15-38-17-19-40-21-23-42-25-27-44-45(32,33)29-6-4-28(2)5-7-29/h3-7H,1,8-27H2,2H3. The molecule has 0 amide bonds. The molecular formula is C30H50O14S. The predicted octanol–water partition coefficient (Wildman–Crippen LogP) is 1.58. The van der Waals surface area contributed by atoms with E-state index in [9.17, 15) is 13.2 Å². The zero-order chi connectivity index (χ0) is 32.7. The van der Waals surface area contributed by atoms with Crippen LogP contribution in [0.15, 0.2) is 41.8 Å². The Bertz CT molecular complexity index is 942. The van der Waals surface area contributed by atoms with E-state index in [0.717, 1.165) is 11.6 Å². The number of esters is 1. The van der Waals surface area contributed by atoms with Crippen LogP contribution in [-0.2, 0) is 66.5 Å². The van der Waals surface area contributed by atoms with Gasteiger partial charge in [-0.3, -0.25) is 4.18 Å². The summed E-state index contributed by atoms with van der Waals surface area (Å²) in [6.07, 6.45) is 1.11. The SMILES string of the molecule is C=CC(=O)OCCOCCOCCOCCOCCOCCOCCOCCOCCOCCOS(=O)(=O)c1ccc(C)cc1. The van der Waals surface area contributed by atoms with Gasteiger partial charge in [-0.2, -0.15) is 8.42 Å². The number of hydrogen-bond acceptors (Lipinski definition) is 14. The van der Waals surface area contributed by atoms with Gasteiger partial charge in [0.2, 0.25) is 0 Å². The number of carbonyl (C=O) groups is 1. The van der Waals surface area contributed by atoms with E-state index >= 15 is 0 Å². The Kier molecular flexibility index (Phi) is 26.8. The lowest BCUT2D eigenvalue weighted by molar-refractivity contribution is -0.139. The Hall–Kier alpha value is -2.02. The van der Waals surface area contributed by atoms with E-state index in [0.29, 0.717) is 112 Å². The first-order valence-corrected chi connectivity index (χ1v) is 16.3. The lowest BCUT2D eigenvalue weighted by atomic mass is 10.2. The molecule has 14 nitrogen and oxygen atoms in total. The third-order valence-electron chi connectivity index (χ3n) is 5.39. The van der Waals surface area contributed by atoms with Crippen molar-refractivity contribution in [2.24, 2.45) is 0 Å². The van der Waals surface area contributed by atoms with Crippen LogP contribution in [-0.4, -0.2) is 147 Å². The summed E-state index contributed by atoms with van der Waals surface area (Å²) in [7, 11) is -3.78. The van der Waals surface area contributed by atoms with Crippen LogP contribution in [0, 0.1) is 6.92 Å². The molecule has 0 heterocycles. The largest absolute Gasteiger partial charge is 0.460 e. The van der Waals surface area contributed by atoms with Crippen molar-refractivity contribution in [3.63, 3.8) is 0 Å². The molecule has 0 saturated heterocycles. The molecule has 260 valence electrons. The number of aryl methyl sites for hydroxylation is 1. The first-order chi connectivity index (χ1) is 22.0. The van der Waals surface area contributed by atoms with Crippen LogP contribution in [0.25, 0.3) is 0 Å². The third-order valence-corrected chi connectivity index (χ3v) is 6.72. The molecule has 0 fully saturated rings. The van der Waals surface area contributed by atoms with Gasteiger partial charge < -0.3 is 47.4 Å². The molecule has 0 atom stereocenters. The van der Waals surface area contributed by atoms with Gasteiger partial charge in [-0.25, -0.2) is 4.79 Å². The van der Waals surface area contributed by atoms with E-state index in [1.807, 2.05) is 6.92 Å². The minimum absolute atomic E-state index is 0.0639. The Morgan fingerprint density at radius 1 is 0.533 bits per heavy atom. The smallest absolute Gasteiger partial charge is 0.330 e. The zero-order valence-electron chi connectivity index (χ0n) is 26.4. The van der Waals surface area contributed by atoms with Gasteiger partial charge in [0.25, 0.3) is 10.1 Å². The van der Waals surface area contributed by atoms with Gasteiger partial charge in [0, 0.05) is 6.08 Å². The predicted molar refractivity (Wildman–Crippen MR) is 163 cm³/mol. The fraction of sp³-hybridized carbons (Fsp3) is 0.700. The first kappa shape index (κ1) is 41.0. The summed E-state index contributed by atoms with van der Waals surface area (Å²) in [5, 5.41) is 0. The molecule has 0 unspecified atom stereocenters. The number of rotatable bonds is 33. The minimum atomic E-state index is -3.78. The Morgan fingerprint density at radius 2 is 0.822 bits per heavy atom. The maximum absolute atomic E-state index is 12.1. The number of ether oxygens (including phenoxy) is 10. The molecule has 0 aliphatic heterocycles. The highest BCUT2D eigenvalue weighted by Gasteiger charge is 2.14. The van der Waals surface area contributed by atoms with Crippen molar-refractivity contribution in [1.82, 2.24) is 0 Å². The molecule has 0 aliphatic rings. The minimum Gasteiger partial charge on any atom is -0.460 e. The van der Waals surface area contributed by atoms with E-state index in [1.165, 1.54) is 12.1 Å². The first-order valence-electron chi connectivity index (χ1n) is 14.9. The fourth-order valence-electron chi connectivity index (χ4n) is 3.10. The van der Waals surface area contributed by atoms with Crippen LogP contribution in [0.2, 0.25) is 0 Å². The van der Waals surface area contributed by atoms with Gasteiger partial charge in [-0.15, -0.1) is 0 Å². The molecule has 15 heteroatoms. The lowest BCUT2D eigenvalue weighted by Gasteiger charge is -2.09. The maximum Gasteiger partial charge on any atom is 0.330 e. The molecule has 0 aliphatic carbocycles. The van der Waals surface area contributed by atoms with Crippen molar-refractivity contribution < 1.29 is 64.8 Å². The average molecular weight is 667 g/mol. The van der Waals surface area contributed by atoms with Crippen LogP contribution in [0.5, 0.6) is 0 Å². The van der Waals surface area contributed by atoms with Gasteiger partial charge in [-0.05, 0) is 19.1 Å². The van der Waals surface area contributed by atoms with E-state index in [1.54, 1.807) is 12.1 Å². The monoisotopic (exact) mass is 666 g/mol. The second-order valence-electron chi connectivity index (χ2n) is 8.97. The second kappa shape index (κ2) is 29.4. The van der Waals surface area contributed by atoms with Crippen molar-refractivity contribution >= 4 is 16.1 Å². The van der Waals surface area contributed by atoms with Crippen LogP contribution in [0.3, 0.4) is 0 Å². The van der Waals surface area contributed by atoms with Crippen LogP contribution in [0.1, 0.15) is 5.56 Å². The highest BCUT2D eigenvalue weighted by atomic mass is 32.2. The highest BCUT2D eigenvalue weighted by molar-refractivity contribution is 7.86. The molecule has 0 N–H and O–H groups in total. The molecule has 1 aromatic rings. The van der Waals surface area contributed by atoms with Crippen LogP contribution in [0.4, 0.5) is 0 Å². The Balaban J connectivity index is 1.70. The molecule has 45 heavy (non-hydrogen) atoms. The van der Waals surface area contributed by atoms with Crippen molar-refractivity contribution in [2.75, 3.05) is 132 Å². The maximum atomic E-state index is 12.1. The van der Waals surface area contributed by atoms with E-state index in [4.69, 9.17) is 51.6 Å². The average Bonchev–Trinajstić information content (AvgIpc) is 3.03. The second-order valence-corrected chi connectivity index (χ2v) is 10.6. The summed E-state index contributed by atoms with van der Waals surface area (Å²) in [6.45, 7) is 12.8. The van der Waals surface area contributed by atoms with Crippen molar-refractivity contribution in [3.8, 4) is 0 Å². The molecule has 0 aromatic heterocycles. The highest BCUT2D eigenvalue weighted by Crippen LogP contribution is 2.12. The Labute approximate surface area is 267 Å². The molecule has 1 rings (SSSR count). The van der Waals surface area contributed by atoms with Crippen LogP contribution < -0.4 is 0 Å². The molecular weight excluding hydrogens is 616 g/mol. The van der Waals surface area contributed by atoms with E-state index < -0.39 is 16.1 Å². The fourth-order valence-corrected chi connectivity index (χ4v) is 3.99. The van der Waals surface area contributed by atoms with Gasteiger partial charge in [0.1, 0.15) is 6.61 Å². The Morgan fingerprint density at radius 3 is 1.13 bits per heavy atom. The summed E-state index contributed by atoms with van der Waals surface area (Å²) in [4.78, 5) is 11.0. The van der Waals surface area contributed by atoms with E-state index in [2.05, 4.69) is 6.58 Å². The number of hydrogen-bond donors (Lipinski definition) is 0. The third kappa shape index (κ3) is 25.8. The molecule has 0 saturated carbocycles. The number of benzene rings is 1. The molecule has 1 aromatic carbocycles. The van der Waals surface area contributed by atoms with Crippen molar-refractivity contribution in [1.29, 1.82) is 0 Å². The van der Waals surface area contributed by atoms with Crippen molar-refractivity contribution in [2.45, 2.75) is 11.8 Å². The number of carbonyl (C=O) groups excluding carboxylic acids is 1. The van der Waals surface area contributed by atoms with Crippen LogP contribution >= 0.6 is 0 Å². The van der Waals surface area contributed by atoms with E-state index in [-0.39, 0.29) is 24.7 Å². The molecule has 0 bridgehead atoms. The summed E-state index contributed by atoms with van der Waals surface area (Å²) < 4.78 is 82.4. The van der Waals surface area contributed by atoms with Gasteiger partial charge >= 0.3 is 5.97 Å². The topological polar surface area (TPSA) is 153 Å². The summed E-state index contributed by atoms with van der Waals surface area (Å²) in [6, 6.07) is 6.46. The van der Waals surface area contributed by atoms with Gasteiger partial charge in [0.05, 0.1) is 130 Å². The zero-order valence-corrected chi connectivity index (χ0v) is 27.2. The molecule has 0 radical (unpaired) electrons. The van der Waals surface area contributed by atoms with Crippen molar-refractivity contribution in [3.05, 3.63) is 42.5 Å². The lowest BCUT2D eigenvalue weighted by Crippen LogP contribution is -2.16.